The molecule has 0 radical (unpaired) electrons. The van der Waals surface area contributed by atoms with E-state index in [0.717, 1.165) is 16.1 Å². The Morgan fingerprint density at radius 1 is 1.13 bits per heavy atom. The van der Waals surface area contributed by atoms with Crippen LogP contribution in [-0.4, -0.2) is 30.1 Å². The average Bonchev–Trinajstić information content (AvgIpc) is 3.25. The van der Waals surface area contributed by atoms with Crippen LogP contribution in [-0.2, 0) is 0 Å². The van der Waals surface area contributed by atoms with E-state index in [-0.39, 0.29) is 5.25 Å². The van der Waals surface area contributed by atoms with Crippen LogP contribution >= 0.6 is 11.8 Å². The molecule has 114 valence electrons. The molecule has 0 bridgehead atoms. The van der Waals surface area contributed by atoms with Crippen LogP contribution in [0.5, 0.6) is 0 Å². The number of thioether (sulfide) groups is 1. The number of aromatic amines is 1. The van der Waals surface area contributed by atoms with E-state index in [1.54, 1.807) is 6.33 Å². The van der Waals surface area contributed by atoms with Crippen molar-refractivity contribution in [3.8, 4) is 11.4 Å². The lowest BCUT2D eigenvalue weighted by atomic mass is 10.2. The van der Waals surface area contributed by atoms with Crippen LogP contribution in [0.3, 0.4) is 0 Å². The lowest BCUT2D eigenvalue weighted by Crippen LogP contribution is -1.92. The molecule has 0 amide bonds. The maximum absolute atomic E-state index is 5.40. The molecule has 0 spiro atoms. The van der Waals surface area contributed by atoms with E-state index in [1.807, 2.05) is 37.3 Å². The number of aromatic nitrogens is 6. The second kappa shape index (κ2) is 5.81. The number of hydrogen-bond donors (Lipinski definition) is 1. The Balaban J connectivity index is 1.59. The molecule has 0 aliphatic heterocycles. The summed E-state index contributed by atoms with van der Waals surface area (Å²) in [6.45, 7) is 2.00. The Hall–Kier alpha value is -2.74. The highest BCUT2D eigenvalue weighted by molar-refractivity contribution is 7.99. The number of H-pyrrole nitrogens is 1. The number of rotatable bonds is 4. The highest BCUT2D eigenvalue weighted by Gasteiger charge is 2.19. The molecule has 0 saturated heterocycles. The van der Waals surface area contributed by atoms with Crippen molar-refractivity contribution >= 4 is 22.9 Å². The second-order valence-electron chi connectivity index (χ2n) is 4.86. The SMILES string of the molecule is C[C@H](Sc1ncnc2nc[nH]c12)c1nc(-c2ccccc2)no1. The Morgan fingerprint density at radius 3 is 2.87 bits per heavy atom. The molecule has 0 aliphatic rings. The molecule has 1 atom stereocenters. The number of imidazole rings is 1. The van der Waals surface area contributed by atoms with Crippen molar-refractivity contribution in [3.63, 3.8) is 0 Å². The first-order chi connectivity index (χ1) is 11.3. The van der Waals surface area contributed by atoms with Crippen LogP contribution in [0.1, 0.15) is 18.1 Å². The number of fused-ring (bicyclic) bond motifs is 1. The third-order valence-electron chi connectivity index (χ3n) is 3.30. The van der Waals surface area contributed by atoms with Gasteiger partial charge in [0.15, 0.2) is 5.65 Å². The first-order valence-corrected chi connectivity index (χ1v) is 7.89. The van der Waals surface area contributed by atoms with E-state index in [0.29, 0.717) is 17.4 Å². The van der Waals surface area contributed by atoms with Crippen molar-refractivity contribution in [2.45, 2.75) is 17.2 Å². The van der Waals surface area contributed by atoms with Crippen LogP contribution in [0.2, 0.25) is 0 Å². The summed E-state index contributed by atoms with van der Waals surface area (Å²) in [7, 11) is 0. The van der Waals surface area contributed by atoms with E-state index >= 15 is 0 Å². The van der Waals surface area contributed by atoms with Gasteiger partial charge in [-0.25, -0.2) is 15.0 Å². The molecule has 0 unspecified atom stereocenters. The third-order valence-corrected chi connectivity index (χ3v) is 4.39. The number of nitrogens with zero attached hydrogens (tertiary/aromatic N) is 5. The van der Waals surface area contributed by atoms with Crippen LogP contribution in [0, 0.1) is 0 Å². The fraction of sp³-hybridized carbons (Fsp3) is 0.133. The van der Waals surface area contributed by atoms with Crippen molar-refractivity contribution < 1.29 is 4.52 Å². The highest BCUT2D eigenvalue weighted by Crippen LogP contribution is 2.35. The van der Waals surface area contributed by atoms with Gasteiger partial charge in [0.25, 0.3) is 0 Å². The molecule has 8 heteroatoms. The van der Waals surface area contributed by atoms with Crippen molar-refractivity contribution in [2.24, 2.45) is 0 Å². The van der Waals surface area contributed by atoms with Crippen LogP contribution < -0.4 is 0 Å². The smallest absolute Gasteiger partial charge is 0.240 e. The summed E-state index contributed by atoms with van der Waals surface area (Å²) in [6, 6.07) is 9.74. The van der Waals surface area contributed by atoms with Gasteiger partial charge in [-0.2, -0.15) is 4.98 Å². The number of nitrogens with one attached hydrogen (secondary N) is 1. The zero-order chi connectivity index (χ0) is 15.6. The minimum Gasteiger partial charge on any atom is -0.341 e. The Labute approximate surface area is 135 Å². The standard InChI is InChI=1S/C15H12N6OS/c1-9(23-15-11-13(17-7-16-11)18-8-19-15)14-20-12(21-22-14)10-5-3-2-4-6-10/h2-9H,1H3,(H,16,17,18,19)/t9-/m0/s1. The topological polar surface area (TPSA) is 93.4 Å². The molecule has 3 heterocycles. The predicted octanol–water partition coefficient (Wildman–Crippen LogP) is 3.26. The van der Waals surface area contributed by atoms with Crippen molar-refractivity contribution in [2.75, 3.05) is 0 Å². The molecular weight excluding hydrogens is 312 g/mol. The summed E-state index contributed by atoms with van der Waals surface area (Å²) in [5, 5.41) is 4.81. The largest absolute Gasteiger partial charge is 0.341 e. The second-order valence-corrected chi connectivity index (χ2v) is 6.19. The average molecular weight is 324 g/mol. The molecular formula is C15H12N6OS. The van der Waals surface area contributed by atoms with E-state index in [1.165, 1.54) is 18.1 Å². The third kappa shape index (κ3) is 2.68. The van der Waals surface area contributed by atoms with Gasteiger partial charge >= 0.3 is 0 Å². The highest BCUT2D eigenvalue weighted by atomic mass is 32.2. The van der Waals surface area contributed by atoms with E-state index in [4.69, 9.17) is 4.52 Å². The lowest BCUT2D eigenvalue weighted by molar-refractivity contribution is 0.381. The zero-order valence-corrected chi connectivity index (χ0v) is 13.0. The van der Waals surface area contributed by atoms with Crippen molar-refractivity contribution in [3.05, 3.63) is 48.9 Å². The molecule has 1 aromatic carbocycles. The summed E-state index contributed by atoms with van der Waals surface area (Å²) in [5.41, 5.74) is 2.38. The first kappa shape index (κ1) is 13.9. The summed E-state index contributed by atoms with van der Waals surface area (Å²) >= 11 is 1.52. The molecule has 23 heavy (non-hydrogen) atoms. The molecule has 0 fully saturated rings. The predicted molar refractivity (Wildman–Crippen MR) is 85.7 cm³/mol. The summed E-state index contributed by atoms with van der Waals surface area (Å²) in [6.07, 6.45) is 3.11. The van der Waals surface area contributed by atoms with Gasteiger partial charge in [0.05, 0.1) is 11.6 Å². The van der Waals surface area contributed by atoms with Gasteiger partial charge in [-0.1, -0.05) is 47.3 Å². The van der Waals surface area contributed by atoms with Gasteiger partial charge in [0.1, 0.15) is 16.9 Å². The molecule has 4 aromatic rings. The number of hydrogen-bond acceptors (Lipinski definition) is 7. The van der Waals surface area contributed by atoms with Gasteiger partial charge in [0.2, 0.25) is 11.7 Å². The van der Waals surface area contributed by atoms with Gasteiger partial charge in [-0.15, -0.1) is 0 Å². The van der Waals surface area contributed by atoms with E-state index < -0.39 is 0 Å². The van der Waals surface area contributed by atoms with E-state index in [9.17, 15) is 0 Å². The maximum atomic E-state index is 5.40. The fourth-order valence-corrected chi connectivity index (χ4v) is 3.06. The van der Waals surface area contributed by atoms with Gasteiger partial charge in [0, 0.05) is 5.56 Å². The maximum Gasteiger partial charge on any atom is 0.240 e. The summed E-state index contributed by atoms with van der Waals surface area (Å²) in [4.78, 5) is 20.1. The quantitative estimate of drug-likeness (QED) is 0.455. The van der Waals surface area contributed by atoms with Crippen molar-refractivity contribution in [1.82, 2.24) is 30.1 Å². The minimum absolute atomic E-state index is 0.0404. The normalized spacial score (nSPS) is 12.6. The Bertz CT molecular complexity index is 935. The number of benzene rings is 1. The Morgan fingerprint density at radius 2 is 2.00 bits per heavy atom. The lowest BCUT2D eigenvalue weighted by Gasteiger charge is -2.05. The van der Waals surface area contributed by atoms with E-state index in [2.05, 4.69) is 30.1 Å². The minimum atomic E-state index is -0.0404. The fourth-order valence-electron chi connectivity index (χ4n) is 2.15. The molecule has 0 saturated carbocycles. The summed E-state index contributed by atoms with van der Waals surface area (Å²) in [5.74, 6) is 1.14. The molecule has 1 N–H and O–H groups in total. The van der Waals surface area contributed by atoms with Crippen molar-refractivity contribution in [1.29, 1.82) is 0 Å². The first-order valence-electron chi connectivity index (χ1n) is 7.01. The Kier molecular flexibility index (Phi) is 3.51. The van der Waals surface area contributed by atoms with Gasteiger partial charge in [-0.05, 0) is 6.92 Å². The molecule has 4 rings (SSSR count). The van der Waals surface area contributed by atoms with Crippen LogP contribution in [0.4, 0.5) is 0 Å². The van der Waals surface area contributed by atoms with Gasteiger partial charge in [-0.3, -0.25) is 0 Å². The van der Waals surface area contributed by atoms with Crippen LogP contribution in [0.15, 0.2) is 52.5 Å². The molecule has 0 aliphatic carbocycles. The molecule has 3 aromatic heterocycles. The zero-order valence-electron chi connectivity index (χ0n) is 12.2. The van der Waals surface area contributed by atoms with Crippen LogP contribution in [0.25, 0.3) is 22.6 Å². The van der Waals surface area contributed by atoms with Gasteiger partial charge < -0.3 is 9.51 Å². The summed E-state index contributed by atoms with van der Waals surface area (Å²) < 4.78 is 5.40. The molecule has 7 nitrogen and oxygen atoms in total. The monoisotopic (exact) mass is 324 g/mol.